The maximum absolute atomic E-state index is 12.4. The van der Waals surface area contributed by atoms with Gasteiger partial charge in [-0.2, -0.15) is 5.10 Å². The van der Waals surface area contributed by atoms with Crippen LogP contribution < -0.4 is 5.32 Å². The van der Waals surface area contributed by atoms with Crippen LogP contribution in [-0.2, 0) is 4.79 Å². The summed E-state index contributed by atoms with van der Waals surface area (Å²) in [5, 5.41) is 7.28. The van der Waals surface area contributed by atoms with Crippen molar-refractivity contribution >= 4 is 28.7 Å². The number of benzene rings is 2. The van der Waals surface area contributed by atoms with Crippen LogP contribution in [-0.4, -0.2) is 36.4 Å². The van der Waals surface area contributed by atoms with Crippen molar-refractivity contribution in [3.05, 3.63) is 72.6 Å². The second-order valence-corrected chi connectivity index (χ2v) is 8.14. The number of fused-ring (bicyclic) bond motifs is 1. The number of hydrogen-bond acceptors (Lipinski definition) is 5. The number of hydrogen-bond donors (Lipinski definition) is 2. The minimum atomic E-state index is -0.0746. The summed E-state index contributed by atoms with van der Waals surface area (Å²) >= 11 is 1.57. The number of imidazole rings is 1. The van der Waals surface area contributed by atoms with Crippen molar-refractivity contribution < 1.29 is 4.79 Å². The SMILES string of the molecule is C[C@H](NC(=O)CS[C@H](C)c1nc2ccccc2[nH]1)c1ccc(-n2cncn2)cc1. The lowest BCUT2D eigenvalue weighted by Gasteiger charge is -2.15. The first-order valence-electron chi connectivity index (χ1n) is 9.41. The van der Waals surface area contributed by atoms with Crippen molar-refractivity contribution in [1.82, 2.24) is 30.0 Å². The average molecular weight is 407 g/mol. The topological polar surface area (TPSA) is 88.5 Å². The Kier molecular flexibility index (Phi) is 5.62. The predicted octanol–water partition coefficient (Wildman–Crippen LogP) is 3.82. The zero-order chi connectivity index (χ0) is 20.2. The molecule has 0 saturated heterocycles. The van der Waals surface area contributed by atoms with Crippen molar-refractivity contribution in [2.75, 3.05) is 5.75 Å². The van der Waals surface area contributed by atoms with Crippen LogP contribution >= 0.6 is 11.8 Å². The van der Waals surface area contributed by atoms with Crippen LogP contribution in [0.1, 0.15) is 36.5 Å². The second-order valence-electron chi connectivity index (χ2n) is 6.81. The molecular weight excluding hydrogens is 384 g/mol. The van der Waals surface area contributed by atoms with E-state index in [4.69, 9.17) is 0 Å². The summed E-state index contributed by atoms with van der Waals surface area (Å²) in [7, 11) is 0. The second kappa shape index (κ2) is 8.48. The first-order chi connectivity index (χ1) is 14.1. The van der Waals surface area contributed by atoms with Gasteiger partial charge in [0, 0.05) is 0 Å². The molecule has 2 heterocycles. The molecule has 1 amide bonds. The molecule has 7 nitrogen and oxygen atoms in total. The Labute approximate surface area is 173 Å². The third kappa shape index (κ3) is 4.48. The molecule has 2 aromatic heterocycles. The number of nitrogens with zero attached hydrogens (tertiary/aromatic N) is 4. The Morgan fingerprint density at radius 3 is 2.69 bits per heavy atom. The fourth-order valence-electron chi connectivity index (χ4n) is 3.07. The van der Waals surface area contributed by atoms with Crippen molar-refractivity contribution in [3.63, 3.8) is 0 Å². The number of amides is 1. The van der Waals surface area contributed by atoms with Crippen LogP contribution in [0.15, 0.2) is 61.2 Å². The van der Waals surface area contributed by atoms with Crippen LogP contribution in [0.5, 0.6) is 0 Å². The first-order valence-corrected chi connectivity index (χ1v) is 10.5. The smallest absolute Gasteiger partial charge is 0.230 e. The monoisotopic (exact) mass is 406 g/mol. The molecule has 2 aromatic carbocycles. The minimum absolute atomic E-state index is 0.00538. The Morgan fingerprint density at radius 1 is 1.17 bits per heavy atom. The molecule has 4 rings (SSSR count). The van der Waals surface area contributed by atoms with Gasteiger partial charge in [0.05, 0.1) is 33.8 Å². The molecule has 0 spiro atoms. The highest BCUT2D eigenvalue weighted by molar-refractivity contribution is 8.00. The molecule has 148 valence electrons. The minimum Gasteiger partial charge on any atom is -0.349 e. The summed E-state index contributed by atoms with van der Waals surface area (Å²) in [6, 6.07) is 15.8. The molecule has 2 N–H and O–H groups in total. The maximum Gasteiger partial charge on any atom is 0.230 e. The predicted molar refractivity (Wildman–Crippen MR) is 115 cm³/mol. The highest BCUT2D eigenvalue weighted by Gasteiger charge is 2.15. The Balaban J connectivity index is 1.30. The van der Waals surface area contributed by atoms with E-state index in [-0.39, 0.29) is 17.2 Å². The van der Waals surface area contributed by atoms with E-state index in [0.29, 0.717) is 5.75 Å². The molecule has 29 heavy (non-hydrogen) atoms. The van der Waals surface area contributed by atoms with E-state index in [1.807, 2.05) is 55.5 Å². The molecule has 4 aromatic rings. The summed E-state index contributed by atoms with van der Waals surface area (Å²) in [5.74, 6) is 1.27. The maximum atomic E-state index is 12.4. The van der Waals surface area contributed by atoms with Crippen molar-refractivity contribution in [2.45, 2.75) is 25.1 Å². The summed E-state index contributed by atoms with van der Waals surface area (Å²) in [4.78, 5) is 24.3. The van der Waals surface area contributed by atoms with Gasteiger partial charge in [0.1, 0.15) is 18.5 Å². The van der Waals surface area contributed by atoms with Crippen molar-refractivity contribution in [2.24, 2.45) is 0 Å². The van der Waals surface area contributed by atoms with Crippen LogP contribution in [0.3, 0.4) is 0 Å². The van der Waals surface area contributed by atoms with Crippen LogP contribution in [0.25, 0.3) is 16.7 Å². The van der Waals surface area contributed by atoms with E-state index in [0.717, 1.165) is 28.1 Å². The van der Waals surface area contributed by atoms with Gasteiger partial charge >= 0.3 is 0 Å². The van der Waals surface area contributed by atoms with E-state index >= 15 is 0 Å². The van der Waals surface area contributed by atoms with Gasteiger partial charge in [-0.1, -0.05) is 24.3 Å². The van der Waals surface area contributed by atoms with Crippen LogP contribution in [0, 0.1) is 0 Å². The van der Waals surface area contributed by atoms with E-state index < -0.39 is 0 Å². The van der Waals surface area contributed by atoms with E-state index in [2.05, 4.69) is 32.3 Å². The van der Waals surface area contributed by atoms with Gasteiger partial charge in [-0.15, -0.1) is 11.8 Å². The van der Waals surface area contributed by atoms with Crippen molar-refractivity contribution in [1.29, 1.82) is 0 Å². The molecule has 0 aliphatic carbocycles. The zero-order valence-electron chi connectivity index (χ0n) is 16.2. The summed E-state index contributed by atoms with van der Waals surface area (Å²) < 4.78 is 1.70. The van der Waals surface area contributed by atoms with E-state index in [9.17, 15) is 4.79 Å². The molecule has 2 atom stereocenters. The number of nitrogens with one attached hydrogen (secondary N) is 2. The Hall–Kier alpha value is -3.13. The first kappa shape index (κ1) is 19.2. The molecule has 0 aliphatic rings. The number of para-hydroxylation sites is 2. The van der Waals surface area contributed by atoms with Gasteiger partial charge < -0.3 is 10.3 Å². The largest absolute Gasteiger partial charge is 0.349 e. The summed E-state index contributed by atoms with van der Waals surface area (Å²) in [6.45, 7) is 4.04. The highest BCUT2D eigenvalue weighted by atomic mass is 32.2. The lowest BCUT2D eigenvalue weighted by molar-refractivity contribution is -0.119. The van der Waals surface area contributed by atoms with Gasteiger partial charge in [0.15, 0.2) is 0 Å². The highest BCUT2D eigenvalue weighted by Crippen LogP contribution is 2.27. The average Bonchev–Trinajstić information content (AvgIpc) is 3.42. The molecule has 0 fully saturated rings. The number of carbonyl (C=O) groups excluding carboxylic acids is 1. The number of aromatic nitrogens is 5. The molecule has 0 radical (unpaired) electrons. The lowest BCUT2D eigenvalue weighted by atomic mass is 10.1. The fraction of sp³-hybridized carbons (Fsp3) is 0.238. The standard InChI is InChI=1S/C21H22N6OS/c1-14(16-7-9-17(10-8-16)27-13-22-12-23-27)24-20(28)11-29-15(2)21-25-18-5-3-4-6-19(18)26-21/h3-10,12-15H,11H2,1-2H3,(H,24,28)(H,25,26)/t14-,15+/m0/s1. The van der Waals surface area contributed by atoms with Crippen LogP contribution in [0.2, 0.25) is 0 Å². The third-order valence-electron chi connectivity index (χ3n) is 4.71. The van der Waals surface area contributed by atoms with Gasteiger partial charge in [0.2, 0.25) is 5.91 Å². The number of thioether (sulfide) groups is 1. The lowest BCUT2D eigenvalue weighted by Crippen LogP contribution is -2.28. The van der Waals surface area contributed by atoms with E-state index in [1.54, 1.807) is 22.8 Å². The fourth-order valence-corrected chi connectivity index (χ4v) is 3.82. The van der Waals surface area contributed by atoms with Gasteiger partial charge in [-0.25, -0.2) is 14.6 Å². The number of carbonyl (C=O) groups is 1. The quantitative estimate of drug-likeness (QED) is 0.487. The molecule has 0 saturated carbocycles. The Bertz CT molecular complexity index is 1060. The van der Waals surface area contributed by atoms with E-state index in [1.165, 1.54) is 6.33 Å². The summed E-state index contributed by atoms with van der Waals surface area (Å²) in [5.41, 5.74) is 3.93. The number of aromatic amines is 1. The van der Waals surface area contributed by atoms with Crippen molar-refractivity contribution in [3.8, 4) is 5.69 Å². The van der Waals surface area contributed by atoms with Gasteiger partial charge in [0.25, 0.3) is 0 Å². The molecule has 0 unspecified atom stereocenters. The van der Waals surface area contributed by atoms with Gasteiger partial charge in [-0.05, 0) is 43.7 Å². The molecular formula is C21H22N6OS. The molecule has 0 bridgehead atoms. The molecule has 8 heteroatoms. The number of rotatable bonds is 7. The molecule has 0 aliphatic heterocycles. The summed E-state index contributed by atoms with van der Waals surface area (Å²) in [6.07, 6.45) is 3.15. The van der Waals surface area contributed by atoms with Crippen LogP contribution in [0.4, 0.5) is 0 Å². The normalized spacial score (nSPS) is 13.3. The third-order valence-corrected chi connectivity index (χ3v) is 5.86. The Morgan fingerprint density at radius 2 is 1.97 bits per heavy atom. The van der Waals surface area contributed by atoms with Gasteiger partial charge in [-0.3, -0.25) is 4.79 Å². The zero-order valence-corrected chi connectivity index (χ0v) is 17.1. The number of H-pyrrole nitrogens is 1.